The zero-order valence-corrected chi connectivity index (χ0v) is 10.9. The molecule has 0 aliphatic rings. The molecule has 0 fully saturated rings. The molecule has 1 heterocycles. The van der Waals surface area contributed by atoms with Crippen molar-refractivity contribution in [2.24, 2.45) is 0 Å². The maximum atomic E-state index is 13.4. The van der Waals surface area contributed by atoms with Gasteiger partial charge in [-0.2, -0.15) is 0 Å². The van der Waals surface area contributed by atoms with Gasteiger partial charge in [-0.1, -0.05) is 17.9 Å². The smallest absolute Gasteiger partial charge is 0.267 e. The van der Waals surface area contributed by atoms with Gasteiger partial charge in [-0.15, -0.1) is 11.3 Å². The Bertz CT molecular complexity index is 680. The van der Waals surface area contributed by atoms with Crippen LogP contribution in [0.3, 0.4) is 0 Å². The highest BCUT2D eigenvalue weighted by molar-refractivity contribution is 7.12. The Hall–Kier alpha value is -2.23. The van der Waals surface area contributed by atoms with Gasteiger partial charge in [-0.05, 0) is 23.6 Å². The number of aliphatic hydroxyl groups is 1. The van der Waals surface area contributed by atoms with Crippen LogP contribution in [0.1, 0.15) is 15.2 Å². The molecule has 0 atom stereocenters. The molecule has 0 saturated carbocycles. The lowest BCUT2D eigenvalue weighted by Crippen LogP contribution is -2.14. The van der Waals surface area contributed by atoms with Crippen LogP contribution in [0.25, 0.3) is 0 Å². The van der Waals surface area contributed by atoms with Gasteiger partial charge in [-0.25, -0.2) is 8.78 Å². The SMILES string of the molecule is O=C(Nc1c(F)cccc1F)c1sccc1C#CCO. The zero-order chi connectivity index (χ0) is 14.5. The van der Waals surface area contributed by atoms with Gasteiger partial charge in [0, 0.05) is 5.56 Å². The Morgan fingerprint density at radius 2 is 2.00 bits per heavy atom. The molecule has 0 aliphatic carbocycles. The molecule has 1 aromatic carbocycles. The summed E-state index contributed by atoms with van der Waals surface area (Å²) in [4.78, 5) is 12.2. The molecule has 2 rings (SSSR count). The summed E-state index contributed by atoms with van der Waals surface area (Å²) in [6.07, 6.45) is 0. The van der Waals surface area contributed by atoms with Crippen LogP contribution in [0.2, 0.25) is 0 Å². The third-order valence-electron chi connectivity index (χ3n) is 2.37. The minimum Gasteiger partial charge on any atom is -0.384 e. The summed E-state index contributed by atoms with van der Waals surface area (Å²) >= 11 is 1.10. The Morgan fingerprint density at radius 3 is 2.65 bits per heavy atom. The monoisotopic (exact) mass is 293 g/mol. The predicted octanol–water partition coefficient (Wildman–Crippen LogP) is 2.62. The Balaban J connectivity index is 2.27. The number of halogens is 2. The molecule has 1 amide bonds. The molecule has 0 unspecified atom stereocenters. The normalized spacial score (nSPS) is 9.75. The maximum absolute atomic E-state index is 13.4. The fraction of sp³-hybridized carbons (Fsp3) is 0.0714. The molecule has 20 heavy (non-hydrogen) atoms. The number of nitrogens with one attached hydrogen (secondary N) is 1. The summed E-state index contributed by atoms with van der Waals surface area (Å²) in [5.74, 6) is 2.67. The van der Waals surface area contributed by atoms with Crippen LogP contribution in [0.4, 0.5) is 14.5 Å². The Labute approximate surface area is 117 Å². The van der Waals surface area contributed by atoms with Crippen LogP contribution in [0, 0.1) is 23.5 Å². The first-order valence-electron chi connectivity index (χ1n) is 5.56. The van der Waals surface area contributed by atoms with Crippen LogP contribution in [-0.2, 0) is 0 Å². The van der Waals surface area contributed by atoms with E-state index in [0.29, 0.717) is 5.56 Å². The largest absolute Gasteiger partial charge is 0.384 e. The quantitative estimate of drug-likeness (QED) is 0.836. The zero-order valence-electron chi connectivity index (χ0n) is 10.1. The van der Waals surface area contributed by atoms with Gasteiger partial charge in [-0.3, -0.25) is 4.79 Å². The summed E-state index contributed by atoms with van der Waals surface area (Å²) < 4.78 is 26.9. The maximum Gasteiger partial charge on any atom is 0.267 e. The standard InChI is InChI=1S/C14H9F2NO2S/c15-10-4-1-5-11(16)12(10)17-14(19)13-9(3-2-7-18)6-8-20-13/h1,4-6,8,18H,7H2,(H,17,19). The molecule has 0 saturated heterocycles. The molecule has 2 N–H and O–H groups in total. The number of anilines is 1. The van der Waals surface area contributed by atoms with Crippen molar-refractivity contribution in [3.8, 4) is 11.8 Å². The lowest BCUT2D eigenvalue weighted by Gasteiger charge is -2.06. The minimum atomic E-state index is -0.849. The average molecular weight is 293 g/mol. The molecule has 3 nitrogen and oxygen atoms in total. The number of benzene rings is 1. The van der Waals surface area contributed by atoms with Crippen molar-refractivity contribution in [3.63, 3.8) is 0 Å². The van der Waals surface area contributed by atoms with Crippen LogP contribution in [0.5, 0.6) is 0 Å². The van der Waals surface area contributed by atoms with Crippen LogP contribution in [0.15, 0.2) is 29.6 Å². The second-order valence-corrected chi connectivity index (χ2v) is 4.59. The topological polar surface area (TPSA) is 49.3 Å². The summed E-state index contributed by atoms with van der Waals surface area (Å²) in [6, 6.07) is 4.92. The van der Waals surface area contributed by atoms with Crippen molar-refractivity contribution < 1.29 is 18.7 Å². The molecule has 0 bridgehead atoms. The van der Waals surface area contributed by atoms with E-state index in [2.05, 4.69) is 17.2 Å². The van der Waals surface area contributed by atoms with E-state index in [-0.39, 0.29) is 11.5 Å². The lowest BCUT2D eigenvalue weighted by molar-refractivity contribution is 0.102. The second kappa shape index (κ2) is 6.28. The van der Waals surface area contributed by atoms with Gasteiger partial charge in [0.2, 0.25) is 0 Å². The van der Waals surface area contributed by atoms with Crippen molar-refractivity contribution in [2.45, 2.75) is 0 Å². The van der Waals surface area contributed by atoms with Crippen LogP contribution in [-0.4, -0.2) is 17.6 Å². The van der Waals surface area contributed by atoms with Crippen molar-refractivity contribution in [1.82, 2.24) is 0 Å². The number of aliphatic hydroxyl groups excluding tert-OH is 1. The predicted molar refractivity (Wildman–Crippen MR) is 72.6 cm³/mol. The van der Waals surface area contributed by atoms with Crippen molar-refractivity contribution in [3.05, 3.63) is 51.7 Å². The number of hydrogen-bond acceptors (Lipinski definition) is 3. The number of rotatable bonds is 2. The number of para-hydroxylation sites is 1. The highest BCUT2D eigenvalue weighted by Crippen LogP contribution is 2.22. The second-order valence-electron chi connectivity index (χ2n) is 3.67. The van der Waals surface area contributed by atoms with Gasteiger partial charge in [0.15, 0.2) is 0 Å². The van der Waals surface area contributed by atoms with Crippen molar-refractivity contribution in [2.75, 3.05) is 11.9 Å². The van der Waals surface area contributed by atoms with E-state index in [1.54, 1.807) is 11.4 Å². The number of hydrogen-bond donors (Lipinski definition) is 2. The number of amides is 1. The lowest BCUT2D eigenvalue weighted by atomic mass is 10.2. The minimum absolute atomic E-state index is 0.230. The van der Waals surface area contributed by atoms with E-state index in [0.717, 1.165) is 23.5 Å². The number of carbonyl (C=O) groups is 1. The van der Waals surface area contributed by atoms with Gasteiger partial charge >= 0.3 is 0 Å². The molecule has 0 spiro atoms. The van der Waals surface area contributed by atoms with E-state index in [1.807, 2.05) is 0 Å². The molecular formula is C14H9F2NO2S. The summed E-state index contributed by atoms with van der Waals surface area (Å²) in [5, 5.41) is 12.5. The van der Waals surface area contributed by atoms with E-state index in [1.165, 1.54) is 6.07 Å². The first-order valence-corrected chi connectivity index (χ1v) is 6.44. The highest BCUT2D eigenvalue weighted by Gasteiger charge is 2.16. The first-order chi connectivity index (χ1) is 9.63. The highest BCUT2D eigenvalue weighted by atomic mass is 32.1. The van der Waals surface area contributed by atoms with Crippen LogP contribution < -0.4 is 5.32 Å². The summed E-state index contributed by atoms with van der Waals surface area (Å²) in [7, 11) is 0. The molecule has 6 heteroatoms. The van der Waals surface area contributed by atoms with E-state index in [4.69, 9.17) is 5.11 Å². The van der Waals surface area contributed by atoms with Gasteiger partial charge < -0.3 is 10.4 Å². The number of carbonyl (C=O) groups excluding carboxylic acids is 1. The summed E-state index contributed by atoms with van der Waals surface area (Å²) in [5.41, 5.74) is -0.0923. The average Bonchev–Trinajstić information content (AvgIpc) is 2.89. The van der Waals surface area contributed by atoms with Crippen molar-refractivity contribution in [1.29, 1.82) is 0 Å². The summed E-state index contributed by atoms with van der Waals surface area (Å²) in [6.45, 7) is -0.334. The molecule has 0 aliphatic heterocycles. The van der Waals surface area contributed by atoms with Gasteiger partial charge in [0.1, 0.15) is 28.8 Å². The fourth-order valence-electron chi connectivity index (χ4n) is 1.51. The fourth-order valence-corrected chi connectivity index (χ4v) is 2.25. The molecular weight excluding hydrogens is 284 g/mol. The van der Waals surface area contributed by atoms with Gasteiger partial charge in [0.25, 0.3) is 5.91 Å². The third-order valence-corrected chi connectivity index (χ3v) is 3.29. The Kier molecular flexibility index (Phi) is 4.45. The van der Waals surface area contributed by atoms with E-state index < -0.39 is 23.2 Å². The van der Waals surface area contributed by atoms with E-state index >= 15 is 0 Å². The molecule has 2 aromatic rings. The molecule has 102 valence electrons. The van der Waals surface area contributed by atoms with Gasteiger partial charge in [0.05, 0.1) is 0 Å². The first kappa shape index (κ1) is 14.2. The molecule has 0 radical (unpaired) electrons. The van der Waals surface area contributed by atoms with Crippen LogP contribution >= 0.6 is 11.3 Å². The molecule has 1 aromatic heterocycles. The van der Waals surface area contributed by atoms with Crippen molar-refractivity contribution >= 4 is 22.9 Å². The number of thiophene rings is 1. The van der Waals surface area contributed by atoms with E-state index in [9.17, 15) is 13.6 Å². The third kappa shape index (κ3) is 3.02. The Morgan fingerprint density at radius 1 is 1.30 bits per heavy atom.